The summed E-state index contributed by atoms with van der Waals surface area (Å²) in [6.07, 6.45) is 4.03. The van der Waals surface area contributed by atoms with E-state index in [1.807, 2.05) is 0 Å². The number of carbonyl (C=O) groups is 3. The van der Waals surface area contributed by atoms with Gasteiger partial charge in [0.05, 0.1) is 11.7 Å². The third-order valence-electron chi connectivity index (χ3n) is 7.22. The van der Waals surface area contributed by atoms with Crippen LogP contribution in [0.4, 0.5) is 4.39 Å². The van der Waals surface area contributed by atoms with Crippen LogP contribution in [0.3, 0.4) is 0 Å². The normalized spacial score (nSPS) is 17.3. The lowest BCUT2D eigenvalue weighted by molar-refractivity contribution is -0.125. The van der Waals surface area contributed by atoms with Crippen molar-refractivity contribution in [1.29, 1.82) is 0 Å². The summed E-state index contributed by atoms with van der Waals surface area (Å²) >= 11 is 0. The number of benzene rings is 1. The maximum Gasteiger partial charge on any atom is 0.419 e. The van der Waals surface area contributed by atoms with Gasteiger partial charge in [0, 0.05) is 39.2 Å². The quantitative estimate of drug-likeness (QED) is 0.323. The van der Waals surface area contributed by atoms with Gasteiger partial charge in [0.25, 0.3) is 11.8 Å². The topological polar surface area (TPSA) is 153 Å². The van der Waals surface area contributed by atoms with Crippen LogP contribution >= 0.6 is 0 Å². The number of oxazole rings is 1. The summed E-state index contributed by atoms with van der Waals surface area (Å²) in [5.74, 6) is -2.15. The molecule has 1 saturated carbocycles. The van der Waals surface area contributed by atoms with Crippen molar-refractivity contribution in [3.63, 3.8) is 0 Å². The lowest BCUT2D eigenvalue weighted by Crippen LogP contribution is -2.35. The molecule has 1 fully saturated rings. The molecule has 0 radical (unpaired) electrons. The van der Waals surface area contributed by atoms with Crippen LogP contribution in [0, 0.1) is 17.7 Å². The number of carbonyl (C=O) groups excluding carboxylic acids is 3. The van der Waals surface area contributed by atoms with Gasteiger partial charge in [-0.05, 0) is 49.3 Å². The van der Waals surface area contributed by atoms with E-state index in [1.54, 1.807) is 32.3 Å². The summed E-state index contributed by atoms with van der Waals surface area (Å²) in [7, 11) is 3.21. The first-order valence-electron chi connectivity index (χ1n) is 12.7. The number of nitrogens with one attached hydrogen (secondary N) is 3. The number of hydrogen-bond donors (Lipinski definition) is 3. The summed E-state index contributed by atoms with van der Waals surface area (Å²) in [6, 6.07) is 6.34. The van der Waals surface area contributed by atoms with Crippen LogP contribution in [0.5, 0.6) is 0 Å². The zero-order valence-corrected chi connectivity index (χ0v) is 21.5. The van der Waals surface area contributed by atoms with E-state index in [2.05, 4.69) is 26.0 Å². The van der Waals surface area contributed by atoms with Gasteiger partial charge < -0.3 is 20.4 Å². The molecule has 12 nitrogen and oxygen atoms in total. The number of aromatic nitrogens is 4. The second-order valence-electron chi connectivity index (χ2n) is 9.71. The smallest absolute Gasteiger partial charge is 0.408 e. The number of aryl methyl sites for hydroxylation is 1. The highest BCUT2D eigenvalue weighted by atomic mass is 19.1. The summed E-state index contributed by atoms with van der Waals surface area (Å²) in [5, 5.41) is 12.2. The van der Waals surface area contributed by atoms with Crippen LogP contribution in [-0.2, 0) is 18.4 Å². The van der Waals surface area contributed by atoms with Crippen molar-refractivity contribution in [3.8, 4) is 0 Å². The van der Waals surface area contributed by atoms with E-state index in [0.29, 0.717) is 23.2 Å². The number of hydrogen-bond acceptors (Lipinski definition) is 7. The first kappa shape index (κ1) is 26.1. The molecule has 204 valence electrons. The fourth-order valence-electron chi connectivity index (χ4n) is 4.93. The van der Waals surface area contributed by atoms with E-state index >= 15 is 0 Å². The van der Waals surface area contributed by atoms with E-state index in [4.69, 9.17) is 4.42 Å². The predicted molar refractivity (Wildman–Crippen MR) is 137 cm³/mol. The van der Waals surface area contributed by atoms with Crippen LogP contribution in [0.15, 0.2) is 39.7 Å². The molecule has 1 aliphatic carbocycles. The molecule has 0 spiro atoms. The largest absolute Gasteiger partial charge is 0.419 e. The van der Waals surface area contributed by atoms with Crippen molar-refractivity contribution >= 4 is 34.5 Å². The van der Waals surface area contributed by atoms with Gasteiger partial charge in [0.2, 0.25) is 5.91 Å². The molecule has 3 aromatic heterocycles. The second kappa shape index (κ2) is 10.7. The van der Waals surface area contributed by atoms with Crippen molar-refractivity contribution in [1.82, 2.24) is 35.1 Å². The zero-order chi connectivity index (χ0) is 27.7. The monoisotopic (exact) mass is 537 g/mol. The van der Waals surface area contributed by atoms with E-state index in [1.165, 1.54) is 10.6 Å². The van der Waals surface area contributed by atoms with Crippen LogP contribution < -0.4 is 21.7 Å². The number of amides is 3. The maximum atomic E-state index is 14.4. The fraction of sp³-hybridized carbons (Fsp3) is 0.385. The molecule has 0 saturated heterocycles. The molecule has 0 unspecified atom stereocenters. The predicted octanol–water partition coefficient (Wildman–Crippen LogP) is 1.53. The minimum absolute atomic E-state index is 0.0107. The molecule has 39 heavy (non-hydrogen) atoms. The Morgan fingerprint density at radius 3 is 2.62 bits per heavy atom. The number of rotatable bonds is 7. The highest BCUT2D eigenvalue weighted by Gasteiger charge is 2.26. The van der Waals surface area contributed by atoms with Gasteiger partial charge in [-0.25, -0.2) is 18.7 Å². The van der Waals surface area contributed by atoms with Gasteiger partial charge in [0.15, 0.2) is 17.0 Å². The molecular weight excluding hydrogens is 509 g/mol. The summed E-state index contributed by atoms with van der Waals surface area (Å²) in [4.78, 5) is 53.7. The Hall–Kier alpha value is -4.55. The third kappa shape index (κ3) is 5.24. The first-order chi connectivity index (χ1) is 18.7. The van der Waals surface area contributed by atoms with Crippen molar-refractivity contribution in [2.75, 3.05) is 13.6 Å². The Labute approximate surface area is 221 Å². The van der Waals surface area contributed by atoms with Gasteiger partial charge in [-0.1, -0.05) is 6.07 Å². The molecule has 3 heterocycles. The van der Waals surface area contributed by atoms with Crippen LogP contribution in [-0.4, -0.2) is 50.5 Å². The Kier molecular flexibility index (Phi) is 7.13. The van der Waals surface area contributed by atoms with Gasteiger partial charge in [-0.2, -0.15) is 5.10 Å². The number of halogens is 1. The number of nitrogens with zero attached hydrogens (tertiary/aromatic N) is 4. The van der Waals surface area contributed by atoms with E-state index in [9.17, 15) is 23.6 Å². The summed E-state index contributed by atoms with van der Waals surface area (Å²) in [5.41, 5.74) is 1.30. The average Bonchev–Trinajstić information content (AvgIpc) is 3.47. The molecule has 5 rings (SSSR count). The minimum atomic E-state index is -0.766. The Bertz CT molecular complexity index is 1630. The lowest BCUT2D eigenvalue weighted by Gasteiger charge is -2.27. The SMILES string of the molecule is CNC(=O)C1CCC(CNC(=O)c2cc(C(=O)NCc3ccc4oc(=O)n(C)c4c3)nc3c(F)cnn23)CC1. The molecule has 1 aromatic carbocycles. The van der Waals surface area contributed by atoms with Crippen molar-refractivity contribution < 1.29 is 23.2 Å². The third-order valence-corrected chi connectivity index (χ3v) is 7.22. The lowest BCUT2D eigenvalue weighted by atomic mass is 9.81. The molecule has 0 aliphatic heterocycles. The molecule has 4 aromatic rings. The van der Waals surface area contributed by atoms with E-state index in [0.717, 1.165) is 36.4 Å². The van der Waals surface area contributed by atoms with Crippen molar-refractivity contribution in [3.05, 3.63) is 63.8 Å². The zero-order valence-electron chi connectivity index (χ0n) is 21.5. The molecule has 0 bridgehead atoms. The molecule has 3 N–H and O–H groups in total. The Morgan fingerprint density at radius 1 is 1.10 bits per heavy atom. The molecule has 0 atom stereocenters. The molecular formula is C26H28FN7O5. The van der Waals surface area contributed by atoms with Gasteiger partial charge >= 0.3 is 5.76 Å². The van der Waals surface area contributed by atoms with Crippen LogP contribution in [0.25, 0.3) is 16.7 Å². The second-order valence-corrected chi connectivity index (χ2v) is 9.71. The van der Waals surface area contributed by atoms with E-state index < -0.39 is 23.4 Å². The Morgan fingerprint density at radius 2 is 1.87 bits per heavy atom. The minimum Gasteiger partial charge on any atom is -0.408 e. The molecule has 13 heteroatoms. The summed E-state index contributed by atoms with van der Waals surface area (Å²) < 4.78 is 21.9. The van der Waals surface area contributed by atoms with Gasteiger partial charge in [0.1, 0.15) is 11.4 Å². The highest BCUT2D eigenvalue weighted by Crippen LogP contribution is 2.28. The first-order valence-corrected chi connectivity index (χ1v) is 12.7. The van der Waals surface area contributed by atoms with Crippen LogP contribution in [0.2, 0.25) is 0 Å². The standard InChI is InChI=1S/C26H28FN7O5/c1-28-23(35)16-6-3-14(4-7-16)11-30-25(37)20-10-18(32-22-17(27)13-31-34(20)22)24(36)29-12-15-5-8-21-19(9-15)33(2)26(38)39-21/h5,8-10,13-14,16H,3-4,6-7,11-12H2,1-2H3,(H,28,35)(H,29,36)(H,30,37). The van der Waals surface area contributed by atoms with E-state index in [-0.39, 0.29) is 41.3 Å². The van der Waals surface area contributed by atoms with Gasteiger partial charge in [-0.15, -0.1) is 0 Å². The van der Waals surface area contributed by atoms with Crippen molar-refractivity contribution in [2.45, 2.75) is 32.2 Å². The van der Waals surface area contributed by atoms with Crippen molar-refractivity contribution in [2.24, 2.45) is 18.9 Å². The van der Waals surface area contributed by atoms with Gasteiger partial charge in [-0.3, -0.25) is 19.0 Å². The number of fused-ring (bicyclic) bond motifs is 2. The molecule has 3 amide bonds. The molecule has 1 aliphatic rings. The highest BCUT2D eigenvalue weighted by molar-refractivity contribution is 5.98. The summed E-state index contributed by atoms with van der Waals surface area (Å²) in [6.45, 7) is 0.483. The maximum absolute atomic E-state index is 14.4. The Balaban J connectivity index is 1.28. The van der Waals surface area contributed by atoms with Crippen LogP contribution in [0.1, 0.15) is 52.2 Å². The fourth-order valence-corrected chi connectivity index (χ4v) is 4.93. The average molecular weight is 538 g/mol.